The maximum Gasteiger partial charge on any atom is 0.426 e. The van der Waals surface area contributed by atoms with Crippen molar-refractivity contribution in [1.29, 1.82) is 0 Å². The molecular formula is C33H43F5O2. The number of unbranched alkanes of at least 4 members (excludes halogenated alkanes) is 2. The highest BCUT2D eigenvalue weighted by Gasteiger charge is 2.36. The molecule has 2 aromatic carbocycles. The van der Waals surface area contributed by atoms with E-state index in [9.17, 15) is 22.0 Å². The molecule has 40 heavy (non-hydrogen) atoms. The van der Waals surface area contributed by atoms with Gasteiger partial charge in [0, 0.05) is 0 Å². The van der Waals surface area contributed by atoms with Crippen molar-refractivity contribution in [2.75, 3.05) is 0 Å². The van der Waals surface area contributed by atoms with Gasteiger partial charge >= 0.3 is 12.7 Å². The fourth-order valence-corrected chi connectivity index (χ4v) is 6.75. The minimum absolute atomic E-state index is 0.0531. The summed E-state index contributed by atoms with van der Waals surface area (Å²) in [5, 5.41) is 0. The van der Waals surface area contributed by atoms with Gasteiger partial charge in [-0.05, 0) is 98.1 Å². The highest BCUT2D eigenvalue weighted by Crippen LogP contribution is 2.43. The highest BCUT2D eigenvalue weighted by molar-refractivity contribution is 5.33. The normalized spacial score (nSPS) is 23.8. The third-order valence-corrected chi connectivity index (χ3v) is 9.16. The molecule has 4 rings (SSSR count). The maximum atomic E-state index is 14.6. The molecule has 2 saturated carbocycles. The van der Waals surface area contributed by atoms with Gasteiger partial charge in [0.05, 0.1) is 5.56 Å². The molecule has 0 bridgehead atoms. The van der Waals surface area contributed by atoms with E-state index in [1.54, 1.807) is 12.1 Å². The monoisotopic (exact) mass is 566 g/mol. The van der Waals surface area contributed by atoms with Crippen molar-refractivity contribution in [2.45, 2.75) is 110 Å². The third kappa shape index (κ3) is 8.84. The Hall–Kier alpha value is -2.31. The first-order valence-electron chi connectivity index (χ1n) is 15.1. The smallest absolute Gasteiger partial charge is 0.426 e. The second-order valence-electron chi connectivity index (χ2n) is 11.9. The van der Waals surface area contributed by atoms with Gasteiger partial charge in [0.1, 0.15) is 5.75 Å². The van der Waals surface area contributed by atoms with E-state index in [0.29, 0.717) is 12.0 Å². The van der Waals surface area contributed by atoms with Crippen LogP contribution in [0.15, 0.2) is 42.5 Å². The van der Waals surface area contributed by atoms with Gasteiger partial charge in [0.25, 0.3) is 0 Å². The number of alkyl halides is 4. The fourth-order valence-electron chi connectivity index (χ4n) is 6.75. The second-order valence-corrected chi connectivity index (χ2v) is 11.9. The summed E-state index contributed by atoms with van der Waals surface area (Å²) in [5.74, 6) is 1.34. The quantitative estimate of drug-likeness (QED) is 0.177. The van der Waals surface area contributed by atoms with Gasteiger partial charge in [-0.2, -0.15) is 17.6 Å². The van der Waals surface area contributed by atoms with Crippen molar-refractivity contribution in [3.8, 4) is 11.5 Å². The van der Waals surface area contributed by atoms with Crippen LogP contribution in [0.2, 0.25) is 0 Å². The summed E-state index contributed by atoms with van der Waals surface area (Å²) < 4.78 is 76.4. The number of hydrogen-bond acceptors (Lipinski definition) is 2. The zero-order valence-electron chi connectivity index (χ0n) is 23.5. The average molecular weight is 567 g/mol. The third-order valence-electron chi connectivity index (χ3n) is 9.16. The van der Waals surface area contributed by atoms with Gasteiger partial charge in [-0.15, -0.1) is 0 Å². The Morgan fingerprint density at radius 2 is 1.40 bits per heavy atom. The van der Waals surface area contributed by atoms with Gasteiger partial charge in [0.2, 0.25) is 0 Å². The zero-order valence-corrected chi connectivity index (χ0v) is 23.5. The lowest BCUT2D eigenvalue weighted by Crippen LogP contribution is -2.26. The molecule has 2 aromatic rings. The number of benzene rings is 2. The molecule has 0 atom stereocenters. The molecule has 2 aliphatic carbocycles. The van der Waals surface area contributed by atoms with E-state index in [2.05, 4.69) is 11.7 Å². The topological polar surface area (TPSA) is 18.5 Å². The van der Waals surface area contributed by atoms with Crippen LogP contribution < -0.4 is 9.47 Å². The molecular weight excluding hydrogens is 523 g/mol. The molecule has 2 fully saturated rings. The molecule has 0 N–H and O–H groups in total. The number of hydrogen-bond donors (Lipinski definition) is 0. The lowest BCUT2D eigenvalue weighted by atomic mass is 9.68. The molecule has 0 aromatic heterocycles. The van der Waals surface area contributed by atoms with Crippen LogP contribution in [0, 0.1) is 29.5 Å². The van der Waals surface area contributed by atoms with Crippen LogP contribution in [0.25, 0.3) is 0 Å². The van der Waals surface area contributed by atoms with Crippen LogP contribution in [0.4, 0.5) is 22.0 Å². The van der Waals surface area contributed by atoms with Crippen LogP contribution in [-0.4, -0.2) is 6.61 Å². The molecule has 0 spiro atoms. The predicted molar refractivity (Wildman–Crippen MR) is 147 cm³/mol. The van der Waals surface area contributed by atoms with E-state index in [1.807, 2.05) is 0 Å². The SMILES string of the molecule is CCCCCC1CCC(C2CCC(CCc3ccc(OC(F)(F)c4ccc(OC(F)F)c(F)c4)cc3)CC2)CC1. The number of halogens is 5. The van der Waals surface area contributed by atoms with Crippen LogP contribution in [0.5, 0.6) is 11.5 Å². The lowest BCUT2D eigenvalue weighted by molar-refractivity contribution is -0.185. The summed E-state index contributed by atoms with van der Waals surface area (Å²) in [6.45, 7) is -0.973. The Bertz CT molecular complexity index is 1030. The van der Waals surface area contributed by atoms with E-state index in [1.165, 1.54) is 89.2 Å². The Morgan fingerprint density at radius 3 is 1.95 bits per heavy atom. The fraction of sp³-hybridized carbons (Fsp3) is 0.636. The summed E-state index contributed by atoms with van der Waals surface area (Å²) in [5.41, 5.74) is 0.282. The molecule has 0 saturated heterocycles. The van der Waals surface area contributed by atoms with E-state index in [4.69, 9.17) is 4.74 Å². The molecule has 222 valence electrons. The van der Waals surface area contributed by atoms with Gasteiger partial charge in [-0.25, -0.2) is 4.39 Å². The summed E-state index contributed by atoms with van der Waals surface area (Å²) in [7, 11) is 0. The summed E-state index contributed by atoms with van der Waals surface area (Å²) in [6, 6.07) is 8.55. The number of rotatable bonds is 13. The average Bonchev–Trinajstić information content (AvgIpc) is 2.94. The molecule has 0 radical (unpaired) electrons. The first-order valence-corrected chi connectivity index (χ1v) is 15.1. The summed E-state index contributed by atoms with van der Waals surface area (Å²) >= 11 is 0. The van der Waals surface area contributed by atoms with Crippen molar-refractivity contribution in [3.63, 3.8) is 0 Å². The summed E-state index contributed by atoms with van der Waals surface area (Å²) in [6.07, 6.45) is 14.6. The van der Waals surface area contributed by atoms with Gasteiger partial charge in [0.15, 0.2) is 11.6 Å². The number of ether oxygens (including phenoxy) is 2. The summed E-state index contributed by atoms with van der Waals surface area (Å²) in [4.78, 5) is 0. The van der Waals surface area contributed by atoms with Crippen molar-refractivity contribution < 1.29 is 31.4 Å². The van der Waals surface area contributed by atoms with Crippen molar-refractivity contribution in [3.05, 3.63) is 59.4 Å². The first-order chi connectivity index (χ1) is 19.2. The van der Waals surface area contributed by atoms with Crippen molar-refractivity contribution in [2.24, 2.45) is 23.7 Å². The Morgan fingerprint density at radius 1 is 0.800 bits per heavy atom. The minimum atomic E-state index is -3.83. The van der Waals surface area contributed by atoms with Crippen LogP contribution >= 0.6 is 0 Å². The van der Waals surface area contributed by atoms with Crippen molar-refractivity contribution in [1.82, 2.24) is 0 Å². The van der Waals surface area contributed by atoms with E-state index >= 15 is 0 Å². The first kappa shape index (κ1) is 30.6. The van der Waals surface area contributed by atoms with E-state index in [-0.39, 0.29) is 5.75 Å². The molecule has 0 unspecified atom stereocenters. The molecule has 0 aliphatic heterocycles. The molecule has 2 aliphatic rings. The van der Waals surface area contributed by atoms with Crippen LogP contribution in [0.1, 0.15) is 102 Å². The lowest BCUT2D eigenvalue weighted by Gasteiger charge is -2.38. The second kappa shape index (κ2) is 14.5. The number of aryl methyl sites for hydroxylation is 1. The highest BCUT2D eigenvalue weighted by atomic mass is 19.3. The van der Waals surface area contributed by atoms with Gasteiger partial charge < -0.3 is 9.47 Å². The van der Waals surface area contributed by atoms with Crippen molar-refractivity contribution >= 4 is 0 Å². The Kier molecular flexibility index (Phi) is 11.1. The van der Waals surface area contributed by atoms with Gasteiger partial charge in [-0.1, -0.05) is 70.4 Å². The van der Waals surface area contributed by atoms with Gasteiger partial charge in [-0.3, -0.25) is 0 Å². The van der Waals surface area contributed by atoms with Crippen LogP contribution in [-0.2, 0) is 12.5 Å². The molecule has 0 amide bonds. The standard InChI is InChI=1S/C33H43F5O2/c1-2-3-4-5-23-8-14-26(15-9-23)27-16-10-24(11-17-27)6-7-25-12-19-29(20-13-25)40-33(37,38)28-18-21-31(30(34)22-28)39-32(35)36/h12-13,18-24,26-27,32H,2-11,14-17H2,1H3. The van der Waals surface area contributed by atoms with E-state index < -0.39 is 29.9 Å². The van der Waals surface area contributed by atoms with Crippen LogP contribution in [0.3, 0.4) is 0 Å². The predicted octanol–water partition coefficient (Wildman–Crippen LogP) is 10.7. The maximum absolute atomic E-state index is 14.6. The molecule has 7 heteroatoms. The zero-order chi connectivity index (χ0) is 28.5. The Labute approximate surface area is 235 Å². The minimum Gasteiger partial charge on any atom is -0.432 e. The molecule has 2 nitrogen and oxygen atoms in total. The largest absolute Gasteiger partial charge is 0.432 e. The Balaban J connectivity index is 1.18. The van der Waals surface area contributed by atoms with E-state index in [0.717, 1.165) is 48.3 Å². The molecule has 0 heterocycles.